The molecule has 5 nitrogen and oxygen atoms in total. The summed E-state index contributed by atoms with van der Waals surface area (Å²) in [5.41, 5.74) is -1.96. The number of carbonyl (C=O) groups excluding carboxylic acids is 1. The highest BCUT2D eigenvalue weighted by Crippen LogP contribution is 2.11. The van der Waals surface area contributed by atoms with Crippen LogP contribution < -0.4 is 0 Å². The summed E-state index contributed by atoms with van der Waals surface area (Å²) in [4.78, 5) is 10.4. The van der Waals surface area contributed by atoms with Crippen LogP contribution in [0.25, 0.3) is 0 Å². The van der Waals surface area contributed by atoms with Gasteiger partial charge in [0.2, 0.25) is 6.10 Å². The van der Waals surface area contributed by atoms with Gasteiger partial charge in [-0.05, 0) is 6.92 Å². The third-order valence-electron chi connectivity index (χ3n) is 1.14. The fourth-order valence-electron chi connectivity index (χ4n) is 0.491. The number of nitriles is 2. The Morgan fingerprint density at radius 1 is 1.67 bits per heavy atom. The molecule has 64 valence electrons. The molecule has 0 radical (unpaired) electrons. The van der Waals surface area contributed by atoms with E-state index in [1.54, 1.807) is 0 Å². The molecular weight excluding hydrogens is 160 g/mol. The largest absolute Gasteiger partial charge is 0.443 e. The molecule has 0 aromatic rings. The van der Waals surface area contributed by atoms with Gasteiger partial charge < -0.3 is 9.84 Å². The van der Waals surface area contributed by atoms with Gasteiger partial charge in [-0.15, -0.1) is 0 Å². The Labute approximate surface area is 69.8 Å². The second-order valence-corrected chi connectivity index (χ2v) is 2.38. The van der Waals surface area contributed by atoms with Gasteiger partial charge in [0.15, 0.2) is 5.60 Å². The topological polar surface area (TPSA) is 94.1 Å². The van der Waals surface area contributed by atoms with Gasteiger partial charge in [0.05, 0.1) is 0 Å². The minimum absolute atomic E-state index is 0.711. The molecule has 0 aromatic heterocycles. The average molecular weight is 168 g/mol. The summed E-state index contributed by atoms with van der Waals surface area (Å²) in [7, 11) is 0. The van der Waals surface area contributed by atoms with Gasteiger partial charge in [0, 0.05) is 6.92 Å². The van der Waals surface area contributed by atoms with Crippen LogP contribution in [0.5, 0.6) is 0 Å². The van der Waals surface area contributed by atoms with Crippen molar-refractivity contribution in [1.82, 2.24) is 0 Å². The number of hydrogen-bond acceptors (Lipinski definition) is 5. The van der Waals surface area contributed by atoms with E-state index >= 15 is 0 Å². The first kappa shape index (κ1) is 10.4. The average Bonchev–Trinajstić information content (AvgIpc) is 1.99. The fraction of sp³-hybridized carbons (Fsp3) is 0.571. The summed E-state index contributed by atoms with van der Waals surface area (Å²) in [5, 5.41) is 25.9. The molecule has 0 bridgehead atoms. The minimum Gasteiger partial charge on any atom is -0.443 e. The van der Waals surface area contributed by atoms with E-state index in [-0.39, 0.29) is 0 Å². The summed E-state index contributed by atoms with van der Waals surface area (Å²) >= 11 is 0. The number of ether oxygens (including phenoxy) is 1. The van der Waals surface area contributed by atoms with Crippen molar-refractivity contribution in [2.45, 2.75) is 25.6 Å². The Morgan fingerprint density at radius 2 is 2.17 bits per heavy atom. The van der Waals surface area contributed by atoms with Crippen molar-refractivity contribution in [1.29, 1.82) is 10.5 Å². The molecule has 0 saturated heterocycles. The second kappa shape index (κ2) is 3.70. The van der Waals surface area contributed by atoms with E-state index in [1.807, 2.05) is 0 Å². The lowest BCUT2D eigenvalue weighted by molar-refractivity contribution is -0.150. The van der Waals surface area contributed by atoms with Crippen molar-refractivity contribution in [3.8, 4) is 12.1 Å². The third-order valence-corrected chi connectivity index (χ3v) is 1.14. The molecule has 2 atom stereocenters. The molecule has 5 heteroatoms. The molecule has 2 unspecified atom stereocenters. The first-order valence-corrected chi connectivity index (χ1v) is 3.14. The molecule has 0 spiro atoms. The number of carbonyl (C=O) groups is 1. The molecule has 0 fully saturated rings. The number of hydrogen-bond donors (Lipinski definition) is 1. The maximum absolute atomic E-state index is 10.4. The van der Waals surface area contributed by atoms with Crippen molar-refractivity contribution in [2.75, 3.05) is 0 Å². The maximum Gasteiger partial charge on any atom is 0.304 e. The van der Waals surface area contributed by atoms with E-state index in [0.29, 0.717) is 0 Å². The van der Waals surface area contributed by atoms with Crippen LogP contribution in [0.1, 0.15) is 13.8 Å². The quantitative estimate of drug-likeness (QED) is 0.452. The molecule has 12 heavy (non-hydrogen) atoms. The van der Waals surface area contributed by atoms with E-state index in [0.717, 1.165) is 13.8 Å². The Bertz CT molecular complexity index is 259. The van der Waals surface area contributed by atoms with E-state index < -0.39 is 17.7 Å². The lowest BCUT2D eigenvalue weighted by Gasteiger charge is -2.19. The summed E-state index contributed by atoms with van der Waals surface area (Å²) in [5.74, 6) is -0.711. The lowest BCUT2D eigenvalue weighted by atomic mass is 10.0. The SMILES string of the molecule is CC(=O)OC(C#N)C(C)(O)C#N. The molecule has 1 N–H and O–H groups in total. The molecule has 0 saturated carbocycles. The van der Waals surface area contributed by atoms with E-state index in [9.17, 15) is 9.90 Å². The van der Waals surface area contributed by atoms with Crippen LogP contribution in [0.4, 0.5) is 0 Å². The first-order valence-electron chi connectivity index (χ1n) is 3.14. The van der Waals surface area contributed by atoms with Crippen LogP contribution in [0.2, 0.25) is 0 Å². The number of rotatable bonds is 2. The normalized spacial score (nSPS) is 16.4. The van der Waals surface area contributed by atoms with Crippen LogP contribution in [-0.2, 0) is 9.53 Å². The molecule has 0 amide bonds. The Morgan fingerprint density at radius 3 is 2.42 bits per heavy atom. The molecule has 0 aromatic carbocycles. The molecule has 0 aliphatic heterocycles. The zero-order chi connectivity index (χ0) is 9.78. The fourth-order valence-corrected chi connectivity index (χ4v) is 0.491. The molecule has 0 rings (SSSR count). The van der Waals surface area contributed by atoms with Gasteiger partial charge in [-0.3, -0.25) is 4.79 Å². The first-order chi connectivity index (χ1) is 5.44. The summed E-state index contributed by atoms with van der Waals surface area (Å²) in [6, 6.07) is 2.96. The summed E-state index contributed by atoms with van der Waals surface area (Å²) in [6.07, 6.45) is -1.44. The standard InChI is InChI=1S/C7H8N2O3/c1-5(10)12-6(3-8)7(2,11)4-9/h6,11H,1-2H3. The van der Waals surface area contributed by atoms with Gasteiger partial charge >= 0.3 is 5.97 Å². The summed E-state index contributed by atoms with van der Waals surface area (Å²) < 4.78 is 4.38. The molecule has 0 aliphatic rings. The molecular formula is C7H8N2O3. The van der Waals surface area contributed by atoms with Crippen molar-refractivity contribution >= 4 is 5.97 Å². The van der Waals surface area contributed by atoms with Crippen molar-refractivity contribution in [2.24, 2.45) is 0 Å². The van der Waals surface area contributed by atoms with Gasteiger partial charge in [-0.2, -0.15) is 10.5 Å². The highest BCUT2D eigenvalue weighted by atomic mass is 16.6. The predicted octanol–water partition coefficient (Wildman–Crippen LogP) is -0.284. The predicted molar refractivity (Wildman–Crippen MR) is 37.4 cm³/mol. The van der Waals surface area contributed by atoms with Gasteiger partial charge in [0.25, 0.3) is 0 Å². The van der Waals surface area contributed by atoms with Crippen LogP contribution >= 0.6 is 0 Å². The van der Waals surface area contributed by atoms with Crippen LogP contribution in [0.15, 0.2) is 0 Å². The number of esters is 1. The van der Waals surface area contributed by atoms with E-state index in [4.69, 9.17) is 10.5 Å². The third kappa shape index (κ3) is 2.57. The van der Waals surface area contributed by atoms with Crippen molar-refractivity contribution < 1.29 is 14.6 Å². The van der Waals surface area contributed by atoms with Crippen molar-refractivity contribution in [3.63, 3.8) is 0 Å². The van der Waals surface area contributed by atoms with Crippen molar-refractivity contribution in [3.05, 3.63) is 0 Å². The van der Waals surface area contributed by atoms with E-state index in [1.165, 1.54) is 12.1 Å². The Kier molecular flexibility index (Phi) is 3.21. The van der Waals surface area contributed by atoms with Crippen LogP contribution in [-0.4, -0.2) is 22.8 Å². The summed E-state index contributed by atoms with van der Waals surface area (Å²) in [6.45, 7) is 2.20. The maximum atomic E-state index is 10.4. The Hall–Kier alpha value is -1.59. The lowest BCUT2D eigenvalue weighted by Crippen LogP contribution is -2.39. The smallest absolute Gasteiger partial charge is 0.304 e. The van der Waals surface area contributed by atoms with Crippen LogP contribution in [0.3, 0.4) is 0 Å². The minimum atomic E-state index is -1.96. The molecule has 0 heterocycles. The molecule has 0 aliphatic carbocycles. The van der Waals surface area contributed by atoms with Gasteiger partial charge in [0.1, 0.15) is 12.1 Å². The van der Waals surface area contributed by atoms with Gasteiger partial charge in [-0.25, -0.2) is 0 Å². The second-order valence-electron chi connectivity index (χ2n) is 2.38. The van der Waals surface area contributed by atoms with Gasteiger partial charge in [-0.1, -0.05) is 0 Å². The zero-order valence-electron chi connectivity index (χ0n) is 6.74. The number of nitrogens with zero attached hydrogens (tertiary/aromatic N) is 2. The highest BCUT2D eigenvalue weighted by Gasteiger charge is 2.34. The highest BCUT2D eigenvalue weighted by molar-refractivity contribution is 5.66. The van der Waals surface area contributed by atoms with Crippen LogP contribution in [0, 0.1) is 22.7 Å². The number of aliphatic hydroxyl groups is 1. The van der Waals surface area contributed by atoms with E-state index in [2.05, 4.69) is 4.74 Å². The zero-order valence-corrected chi connectivity index (χ0v) is 6.74. The monoisotopic (exact) mass is 168 g/mol. The Balaban J connectivity index is 4.51.